The lowest BCUT2D eigenvalue weighted by Gasteiger charge is -2.28. The van der Waals surface area contributed by atoms with Gasteiger partial charge in [0.15, 0.2) is 0 Å². The third-order valence-corrected chi connectivity index (χ3v) is 3.05. The molecule has 1 heterocycles. The van der Waals surface area contributed by atoms with Crippen LogP contribution in [0.25, 0.3) is 0 Å². The number of benzene rings is 1. The summed E-state index contributed by atoms with van der Waals surface area (Å²) in [7, 11) is 0. The second-order valence-corrected chi connectivity index (χ2v) is 5.02. The molecule has 0 aliphatic carbocycles. The Morgan fingerprint density at radius 3 is 2.89 bits per heavy atom. The molecule has 4 nitrogen and oxygen atoms in total. The van der Waals surface area contributed by atoms with Crippen LogP contribution in [0.1, 0.15) is 25.5 Å². The summed E-state index contributed by atoms with van der Waals surface area (Å²) in [6, 6.07) is 6.80. The van der Waals surface area contributed by atoms with E-state index in [2.05, 4.69) is 13.8 Å². The largest absolute Gasteiger partial charge is 0.492 e. The van der Waals surface area contributed by atoms with Crippen LogP contribution in [-0.4, -0.2) is 35.7 Å². The maximum Gasteiger partial charge on any atom is 0.325 e. The first kappa shape index (κ1) is 12.9. The first-order valence-corrected chi connectivity index (χ1v) is 6.28. The predicted octanol–water partition coefficient (Wildman–Crippen LogP) is 2.16. The molecule has 1 unspecified atom stereocenters. The van der Waals surface area contributed by atoms with Crippen molar-refractivity contribution in [1.29, 1.82) is 0 Å². The number of nitrogens with zero attached hydrogens (tertiary/aromatic N) is 1. The zero-order chi connectivity index (χ0) is 13.1. The summed E-state index contributed by atoms with van der Waals surface area (Å²) >= 11 is 0. The van der Waals surface area contributed by atoms with Gasteiger partial charge in [-0.25, -0.2) is 0 Å². The summed E-state index contributed by atoms with van der Waals surface area (Å²) in [5.41, 5.74) is 0.753. The van der Waals surface area contributed by atoms with E-state index in [1.165, 1.54) is 0 Å². The quantitative estimate of drug-likeness (QED) is 0.892. The lowest BCUT2D eigenvalue weighted by atomic mass is 10.0. The molecule has 98 valence electrons. The van der Waals surface area contributed by atoms with E-state index in [4.69, 9.17) is 4.74 Å². The topological polar surface area (TPSA) is 49.8 Å². The van der Waals surface area contributed by atoms with Gasteiger partial charge in [-0.2, -0.15) is 0 Å². The second-order valence-electron chi connectivity index (χ2n) is 5.02. The molecular formula is C14H19NO3. The molecule has 0 aromatic heterocycles. The standard InChI is InChI=1S/C14H19NO3/c1-10(2)9-15-7-8-18-12-6-4-3-5-11(12)13(15)14(16)17/h3-6,10,13H,7-9H2,1-2H3,(H,16,17). The smallest absolute Gasteiger partial charge is 0.325 e. The van der Waals surface area contributed by atoms with E-state index >= 15 is 0 Å². The normalized spacial score (nSPS) is 20.1. The molecule has 0 amide bonds. The van der Waals surface area contributed by atoms with E-state index in [1.54, 1.807) is 0 Å². The molecule has 1 aromatic carbocycles. The monoisotopic (exact) mass is 249 g/mol. The summed E-state index contributed by atoms with van der Waals surface area (Å²) < 4.78 is 5.64. The Bertz CT molecular complexity index is 431. The summed E-state index contributed by atoms with van der Waals surface area (Å²) in [4.78, 5) is 13.5. The van der Waals surface area contributed by atoms with E-state index in [1.807, 2.05) is 29.2 Å². The average Bonchev–Trinajstić information content (AvgIpc) is 2.46. The Morgan fingerprint density at radius 2 is 2.22 bits per heavy atom. The van der Waals surface area contributed by atoms with Crippen LogP contribution in [0.4, 0.5) is 0 Å². The summed E-state index contributed by atoms with van der Waals surface area (Å²) in [5.74, 6) is 0.307. The highest BCUT2D eigenvalue weighted by Gasteiger charge is 2.32. The van der Waals surface area contributed by atoms with Crippen LogP contribution in [0.2, 0.25) is 0 Å². The number of hydrogen-bond acceptors (Lipinski definition) is 3. The molecule has 1 aliphatic rings. The number of aliphatic carboxylic acids is 1. The molecule has 1 N–H and O–H groups in total. The molecule has 0 bridgehead atoms. The first-order valence-electron chi connectivity index (χ1n) is 6.28. The number of hydrogen-bond donors (Lipinski definition) is 1. The highest BCUT2D eigenvalue weighted by atomic mass is 16.5. The fraction of sp³-hybridized carbons (Fsp3) is 0.500. The molecule has 1 atom stereocenters. The fourth-order valence-corrected chi connectivity index (χ4v) is 2.39. The van der Waals surface area contributed by atoms with Gasteiger partial charge in [-0.05, 0) is 12.0 Å². The van der Waals surface area contributed by atoms with Crippen LogP contribution in [-0.2, 0) is 4.79 Å². The number of fused-ring (bicyclic) bond motifs is 1. The van der Waals surface area contributed by atoms with Gasteiger partial charge in [-0.3, -0.25) is 9.69 Å². The lowest BCUT2D eigenvalue weighted by molar-refractivity contribution is -0.143. The predicted molar refractivity (Wildman–Crippen MR) is 68.7 cm³/mol. The van der Waals surface area contributed by atoms with E-state index in [9.17, 15) is 9.90 Å². The molecular weight excluding hydrogens is 230 g/mol. The molecule has 0 saturated heterocycles. The molecule has 1 aromatic rings. The van der Waals surface area contributed by atoms with Crippen molar-refractivity contribution in [2.45, 2.75) is 19.9 Å². The van der Waals surface area contributed by atoms with Crippen molar-refractivity contribution < 1.29 is 14.6 Å². The fourth-order valence-electron chi connectivity index (χ4n) is 2.39. The third kappa shape index (κ3) is 2.64. The molecule has 2 rings (SSSR count). The van der Waals surface area contributed by atoms with Gasteiger partial charge in [0.1, 0.15) is 18.4 Å². The number of carboxylic acids is 1. The number of rotatable bonds is 3. The van der Waals surface area contributed by atoms with Crippen LogP contribution >= 0.6 is 0 Å². The van der Waals surface area contributed by atoms with Gasteiger partial charge in [-0.1, -0.05) is 32.0 Å². The Labute approximate surface area is 107 Å². The van der Waals surface area contributed by atoms with Gasteiger partial charge in [0, 0.05) is 18.7 Å². The molecule has 4 heteroatoms. The van der Waals surface area contributed by atoms with E-state index in [0.717, 1.165) is 12.1 Å². The number of ether oxygens (including phenoxy) is 1. The summed E-state index contributed by atoms with van der Waals surface area (Å²) in [6.07, 6.45) is 0. The molecule has 0 saturated carbocycles. The minimum Gasteiger partial charge on any atom is -0.492 e. The molecule has 0 radical (unpaired) electrons. The van der Waals surface area contributed by atoms with Crippen molar-refractivity contribution in [3.63, 3.8) is 0 Å². The van der Waals surface area contributed by atoms with Crippen LogP contribution < -0.4 is 4.74 Å². The van der Waals surface area contributed by atoms with E-state index in [-0.39, 0.29) is 0 Å². The van der Waals surface area contributed by atoms with Crippen molar-refractivity contribution in [3.8, 4) is 5.75 Å². The SMILES string of the molecule is CC(C)CN1CCOc2ccccc2C1C(=O)O. The van der Waals surface area contributed by atoms with Gasteiger partial charge < -0.3 is 9.84 Å². The summed E-state index contributed by atoms with van der Waals surface area (Å²) in [5, 5.41) is 9.50. The highest BCUT2D eigenvalue weighted by Crippen LogP contribution is 2.32. The average molecular weight is 249 g/mol. The van der Waals surface area contributed by atoms with Crippen molar-refractivity contribution in [3.05, 3.63) is 29.8 Å². The van der Waals surface area contributed by atoms with Gasteiger partial charge in [0.05, 0.1) is 0 Å². The molecule has 0 fully saturated rings. The highest BCUT2D eigenvalue weighted by molar-refractivity contribution is 5.76. The number of carboxylic acid groups (broad SMARTS) is 1. The lowest BCUT2D eigenvalue weighted by Crippen LogP contribution is -2.37. The van der Waals surface area contributed by atoms with Gasteiger partial charge in [0.2, 0.25) is 0 Å². The van der Waals surface area contributed by atoms with Gasteiger partial charge in [0.25, 0.3) is 0 Å². The van der Waals surface area contributed by atoms with Crippen molar-refractivity contribution >= 4 is 5.97 Å². The Kier molecular flexibility index (Phi) is 3.87. The molecule has 18 heavy (non-hydrogen) atoms. The Balaban J connectivity index is 2.37. The Hall–Kier alpha value is -1.55. The number of para-hydroxylation sites is 1. The van der Waals surface area contributed by atoms with Crippen LogP contribution in [0.5, 0.6) is 5.75 Å². The minimum atomic E-state index is -0.811. The maximum absolute atomic E-state index is 11.6. The van der Waals surface area contributed by atoms with Crippen LogP contribution in [0.3, 0.4) is 0 Å². The second kappa shape index (κ2) is 5.40. The minimum absolute atomic E-state index is 0.428. The first-order chi connectivity index (χ1) is 8.59. The maximum atomic E-state index is 11.6. The van der Waals surface area contributed by atoms with Crippen molar-refractivity contribution in [2.75, 3.05) is 19.7 Å². The zero-order valence-electron chi connectivity index (χ0n) is 10.8. The van der Waals surface area contributed by atoms with Crippen LogP contribution in [0.15, 0.2) is 24.3 Å². The van der Waals surface area contributed by atoms with E-state index in [0.29, 0.717) is 24.8 Å². The zero-order valence-corrected chi connectivity index (χ0v) is 10.8. The van der Waals surface area contributed by atoms with Crippen LogP contribution in [0, 0.1) is 5.92 Å². The Morgan fingerprint density at radius 1 is 1.50 bits per heavy atom. The molecule has 0 spiro atoms. The van der Waals surface area contributed by atoms with E-state index < -0.39 is 12.0 Å². The third-order valence-electron chi connectivity index (χ3n) is 3.05. The summed E-state index contributed by atoms with van der Waals surface area (Å²) in [6.45, 7) is 6.12. The number of carbonyl (C=O) groups is 1. The van der Waals surface area contributed by atoms with Gasteiger partial charge in [-0.15, -0.1) is 0 Å². The van der Waals surface area contributed by atoms with Crippen molar-refractivity contribution in [2.24, 2.45) is 5.92 Å². The molecule has 1 aliphatic heterocycles. The van der Waals surface area contributed by atoms with Crippen molar-refractivity contribution in [1.82, 2.24) is 4.90 Å². The van der Waals surface area contributed by atoms with Gasteiger partial charge >= 0.3 is 5.97 Å².